The van der Waals surface area contributed by atoms with Gasteiger partial charge >= 0.3 is 0 Å². The molecule has 28 heavy (non-hydrogen) atoms. The van der Waals surface area contributed by atoms with E-state index in [-0.39, 0.29) is 5.56 Å². The van der Waals surface area contributed by atoms with Crippen molar-refractivity contribution in [2.45, 2.75) is 20.8 Å². The number of aromatic nitrogens is 5. The van der Waals surface area contributed by atoms with Crippen molar-refractivity contribution < 1.29 is 9.47 Å². The average molecular weight is 379 g/mol. The molecule has 0 radical (unpaired) electrons. The molecule has 1 N–H and O–H groups in total. The van der Waals surface area contributed by atoms with Gasteiger partial charge in [-0.15, -0.1) is 0 Å². The highest BCUT2D eigenvalue weighted by molar-refractivity contribution is 5.73. The molecule has 4 aromatic rings. The normalized spacial score (nSPS) is 11.2. The van der Waals surface area contributed by atoms with Crippen molar-refractivity contribution in [3.63, 3.8) is 0 Å². The summed E-state index contributed by atoms with van der Waals surface area (Å²) >= 11 is 0. The molecule has 0 amide bonds. The molecule has 0 aliphatic carbocycles. The quantitative estimate of drug-likeness (QED) is 0.589. The molecule has 0 spiro atoms. The molecule has 0 saturated heterocycles. The zero-order chi connectivity index (χ0) is 20.0. The summed E-state index contributed by atoms with van der Waals surface area (Å²) in [5.74, 6) is 1.88. The van der Waals surface area contributed by atoms with Crippen LogP contribution < -0.4 is 15.0 Å². The fraction of sp³-hybridized carbons (Fsp3) is 0.250. The number of hydrogen-bond donors (Lipinski definition) is 1. The van der Waals surface area contributed by atoms with Crippen LogP contribution >= 0.6 is 0 Å². The number of nitrogens with zero attached hydrogens (tertiary/aromatic N) is 4. The molecule has 0 fully saturated rings. The standard InChI is InChI=1S/C20H21N5O3/c1-11-8-17(24-18(26)9-12(2)22-24)25-20(21-11)13(3)19(23-25)14-6-7-15(27-4)16(10-14)28-5/h6-10,22H,1-5H3. The van der Waals surface area contributed by atoms with Gasteiger partial charge in [0.1, 0.15) is 0 Å². The third-order valence-corrected chi connectivity index (χ3v) is 4.66. The summed E-state index contributed by atoms with van der Waals surface area (Å²) < 4.78 is 13.9. The van der Waals surface area contributed by atoms with E-state index >= 15 is 0 Å². The molecular weight excluding hydrogens is 358 g/mol. The van der Waals surface area contributed by atoms with Crippen LogP contribution in [-0.2, 0) is 0 Å². The third-order valence-electron chi connectivity index (χ3n) is 4.66. The maximum Gasteiger partial charge on any atom is 0.272 e. The lowest BCUT2D eigenvalue weighted by molar-refractivity contribution is 0.355. The first-order valence-electron chi connectivity index (χ1n) is 8.81. The number of ether oxygens (including phenoxy) is 2. The number of H-pyrrole nitrogens is 1. The fourth-order valence-corrected chi connectivity index (χ4v) is 3.33. The Kier molecular flexibility index (Phi) is 4.18. The van der Waals surface area contributed by atoms with Crippen LogP contribution in [0.15, 0.2) is 35.1 Å². The van der Waals surface area contributed by atoms with E-state index in [0.29, 0.717) is 23.0 Å². The average Bonchev–Trinajstić information content (AvgIpc) is 3.19. The van der Waals surface area contributed by atoms with E-state index in [0.717, 1.165) is 28.2 Å². The summed E-state index contributed by atoms with van der Waals surface area (Å²) in [6, 6.07) is 9.02. The predicted molar refractivity (Wildman–Crippen MR) is 106 cm³/mol. The molecule has 8 heteroatoms. The summed E-state index contributed by atoms with van der Waals surface area (Å²) in [6.45, 7) is 5.70. The smallest absolute Gasteiger partial charge is 0.272 e. The van der Waals surface area contributed by atoms with Crippen LogP contribution in [0.5, 0.6) is 11.5 Å². The van der Waals surface area contributed by atoms with Crippen molar-refractivity contribution in [1.29, 1.82) is 0 Å². The number of benzene rings is 1. The Morgan fingerprint density at radius 1 is 1.00 bits per heavy atom. The molecule has 8 nitrogen and oxygen atoms in total. The van der Waals surface area contributed by atoms with Gasteiger partial charge in [-0.05, 0) is 39.0 Å². The first-order valence-corrected chi connectivity index (χ1v) is 8.81. The van der Waals surface area contributed by atoms with Crippen molar-refractivity contribution in [2.75, 3.05) is 14.2 Å². The topological polar surface area (TPSA) is 86.4 Å². The molecule has 3 aromatic heterocycles. The second-order valence-corrected chi connectivity index (χ2v) is 6.65. The van der Waals surface area contributed by atoms with Crippen molar-refractivity contribution in [3.05, 3.63) is 57.6 Å². The van der Waals surface area contributed by atoms with E-state index < -0.39 is 0 Å². The van der Waals surface area contributed by atoms with Crippen LogP contribution in [0.3, 0.4) is 0 Å². The summed E-state index contributed by atoms with van der Waals surface area (Å²) in [6.07, 6.45) is 0. The summed E-state index contributed by atoms with van der Waals surface area (Å²) in [5, 5.41) is 7.82. The van der Waals surface area contributed by atoms with Gasteiger partial charge in [0.15, 0.2) is 23.0 Å². The SMILES string of the molecule is COc1ccc(-c2nn3c(-n4[nH]c(C)cc4=O)cc(C)nc3c2C)cc1OC. The number of rotatable bonds is 4. The van der Waals surface area contributed by atoms with Gasteiger partial charge in [0.05, 0.1) is 19.9 Å². The highest BCUT2D eigenvalue weighted by atomic mass is 16.5. The van der Waals surface area contributed by atoms with E-state index in [1.54, 1.807) is 24.8 Å². The second-order valence-electron chi connectivity index (χ2n) is 6.65. The summed E-state index contributed by atoms with van der Waals surface area (Å²) in [5.41, 5.74) is 4.66. The molecule has 3 heterocycles. The zero-order valence-electron chi connectivity index (χ0n) is 16.4. The van der Waals surface area contributed by atoms with E-state index in [9.17, 15) is 4.79 Å². The highest BCUT2D eigenvalue weighted by Crippen LogP contribution is 2.34. The van der Waals surface area contributed by atoms with Crippen molar-refractivity contribution in [3.8, 4) is 28.6 Å². The van der Waals surface area contributed by atoms with Crippen LogP contribution in [0, 0.1) is 20.8 Å². The van der Waals surface area contributed by atoms with E-state index in [4.69, 9.17) is 14.6 Å². The molecular formula is C20H21N5O3. The van der Waals surface area contributed by atoms with E-state index in [1.165, 1.54) is 4.68 Å². The van der Waals surface area contributed by atoms with Gasteiger partial charge in [-0.3, -0.25) is 9.89 Å². The Morgan fingerprint density at radius 2 is 1.75 bits per heavy atom. The van der Waals surface area contributed by atoms with Crippen molar-refractivity contribution in [2.24, 2.45) is 0 Å². The van der Waals surface area contributed by atoms with E-state index in [1.807, 2.05) is 45.0 Å². The van der Waals surface area contributed by atoms with Gasteiger partial charge in [-0.1, -0.05) is 0 Å². The highest BCUT2D eigenvalue weighted by Gasteiger charge is 2.18. The summed E-state index contributed by atoms with van der Waals surface area (Å²) in [7, 11) is 3.20. The minimum atomic E-state index is -0.148. The molecule has 0 atom stereocenters. The molecule has 0 aliphatic heterocycles. The molecule has 4 rings (SSSR count). The van der Waals surface area contributed by atoms with Crippen LogP contribution in [0.25, 0.3) is 22.7 Å². The van der Waals surface area contributed by atoms with Gasteiger partial charge in [0.25, 0.3) is 5.56 Å². The number of methoxy groups -OCH3 is 2. The summed E-state index contributed by atoms with van der Waals surface area (Å²) in [4.78, 5) is 17.0. The maximum atomic E-state index is 12.4. The predicted octanol–water partition coefficient (Wildman–Crippen LogP) is 2.82. The van der Waals surface area contributed by atoms with Gasteiger partial charge in [0, 0.05) is 34.6 Å². The fourth-order valence-electron chi connectivity index (χ4n) is 3.33. The minimum absolute atomic E-state index is 0.148. The van der Waals surface area contributed by atoms with Crippen molar-refractivity contribution >= 4 is 5.65 Å². The lowest BCUT2D eigenvalue weighted by Crippen LogP contribution is -2.18. The Morgan fingerprint density at radius 3 is 2.39 bits per heavy atom. The van der Waals surface area contributed by atoms with Gasteiger partial charge in [-0.25, -0.2) is 9.67 Å². The first kappa shape index (κ1) is 17.8. The number of nitrogens with one attached hydrogen (secondary N) is 1. The molecule has 0 unspecified atom stereocenters. The van der Waals surface area contributed by atoms with Crippen molar-refractivity contribution in [1.82, 2.24) is 24.4 Å². The van der Waals surface area contributed by atoms with Crippen LogP contribution in [0.4, 0.5) is 0 Å². The number of aromatic amines is 1. The molecule has 144 valence electrons. The van der Waals surface area contributed by atoms with Gasteiger partial charge in [0.2, 0.25) is 0 Å². The molecule has 1 aromatic carbocycles. The Labute approximate surface area is 161 Å². The van der Waals surface area contributed by atoms with Gasteiger partial charge < -0.3 is 9.47 Å². The second kappa shape index (κ2) is 6.56. The largest absolute Gasteiger partial charge is 0.493 e. The minimum Gasteiger partial charge on any atom is -0.493 e. The number of aryl methyl sites for hydroxylation is 3. The molecule has 0 bridgehead atoms. The Bertz CT molecular complexity index is 1250. The lowest BCUT2D eigenvalue weighted by Gasteiger charge is -2.08. The van der Waals surface area contributed by atoms with Crippen LogP contribution in [-0.4, -0.2) is 38.6 Å². The van der Waals surface area contributed by atoms with Crippen LogP contribution in [0.1, 0.15) is 17.0 Å². The third kappa shape index (κ3) is 2.74. The van der Waals surface area contributed by atoms with Gasteiger partial charge in [-0.2, -0.15) is 9.61 Å². The zero-order valence-corrected chi connectivity index (χ0v) is 16.4. The van der Waals surface area contributed by atoms with E-state index in [2.05, 4.69) is 10.1 Å². The lowest BCUT2D eigenvalue weighted by atomic mass is 10.1. The van der Waals surface area contributed by atoms with Crippen LogP contribution in [0.2, 0.25) is 0 Å². The maximum absolute atomic E-state index is 12.4. The Hall–Kier alpha value is -3.55. The molecule has 0 saturated carbocycles. The monoisotopic (exact) mass is 379 g/mol. The number of hydrogen-bond acceptors (Lipinski definition) is 5. The Balaban J connectivity index is 1.98. The molecule has 0 aliphatic rings. The first-order chi connectivity index (χ1) is 13.4. The number of fused-ring (bicyclic) bond motifs is 1.